The summed E-state index contributed by atoms with van der Waals surface area (Å²) in [4.78, 5) is 0. The van der Waals surface area contributed by atoms with Gasteiger partial charge in [0.1, 0.15) is 0 Å². The van der Waals surface area contributed by atoms with Crippen LogP contribution in [0, 0.1) is 13.8 Å². The molecular formula is C12H22ClN3. The van der Waals surface area contributed by atoms with Gasteiger partial charge in [-0.3, -0.25) is 4.68 Å². The number of nitrogens with zero attached hydrogens (tertiary/aromatic N) is 2. The lowest BCUT2D eigenvalue weighted by atomic mass is 10.2. The molecular weight excluding hydrogens is 222 g/mol. The molecule has 1 N–H and O–H groups in total. The molecule has 0 saturated carbocycles. The first kappa shape index (κ1) is 13.5. The Bertz CT molecular complexity index is 333. The van der Waals surface area contributed by atoms with Crippen molar-refractivity contribution < 1.29 is 0 Å². The molecule has 0 aliphatic heterocycles. The van der Waals surface area contributed by atoms with Gasteiger partial charge in [0, 0.05) is 6.54 Å². The zero-order valence-corrected chi connectivity index (χ0v) is 11.4. The number of rotatable bonds is 6. The molecule has 1 aromatic heterocycles. The fourth-order valence-electron chi connectivity index (χ4n) is 1.85. The monoisotopic (exact) mass is 243 g/mol. The van der Waals surface area contributed by atoms with Crippen LogP contribution in [-0.4, -0.2) is 22.9 Å². The Labute approximate surface area is 103 Å². The molecule has 1 atom stereocenters. The normalized spacial score (nSPS) is 13.1. The van der Waals surface area contributed by atoms with Crippen LogP contribution in [0.25, 0.3) is 0 Å². The standard InChI is InChI=1S/C12H22ClN3/c1-5-7-14-8-11(6-2)16-10(4)12(13)9(3)15-16/h11,14H,5-8H2,1-4H3. The van der Waals surface area contributed by atoms with Gasteiger partial charge in [0.2, 0.25) is 0 Å². The molecule has 1 rings (SSSR count). The molecule has 0 bridgehead atoms. The molecule has 0 aliphatic carbocycles. The molecule has 0 saturated heterocycles. The van der Waals surface area contributed by atoms with Crippen LogP contribution >= 0.6 is 11.6 Å². The van der Waals surface area contributed by atoms with Crippen molar-refractivity contribution in [1.29, 1.82) is 0 Å². The van der Waals surface area contributed by atoms with Gasteiger partial charge >= 0.3 is 0 Å². The van der Waals surface area contributed by atoms with E-state index in [1.165, 1.54) is 0 Å². The van der Waals surface area contributed by atoms with Crippen LogP contribution < -0.4 is 5.32 Å². The maximum atomic E-state index is 6.16. The van der Waals surface area contributed by atoms with E-state index in [-0.39, 0.29) is 0 Å². The summed E-state index contributed by atoms with van der Waals surface area (Å²) in [5.41, 5.74) is 2.00. The molecule has 0 aromatic carbocycles. The largest absolute Gasteiger partial charge is 0.315 e. The highest BCUT2D eigenvalue weighted by molar-refractivity contribution is 6.31. The maximum Gasteiger partial charge on any atom is 0.0844 e. The Balaban J connectivity index is 2.74. The van der Waals surface area contributed by atoms with Gasteiger partial charge in [-0.25, -0.2) is 0 Å². The van der Waals surface area contributed by atoms with Crippen molar-refractivity contribution in [2.75, 3.05) is 13.1 Å². The summed E-state index contributed by atoms with van der Waals surface area (Å²) in [6.07, 6.45) is 2.23. The third kappa shape index (κ3) is 2.98. The number of aromatic nitrogens is 2. The summed E-state index contributed by atoms with van der Waals surface area (Å²) in [6.45, 7) is 10.4. The first-order valence-electron chi connectivity index (χ1n) is 6.03. The average Bonchev–Trinajstić information content (AvgIpc) is 2.53. The second-order valence-corrected chi connectivity index (χ2v) is 4.57. The molecule has 4 heteroatoms. The lowest BCUT2D eigenvalue weighted by molar-refractivity contribution is 0.404. The van der Waals surface area contributed by atoms with Crippen LogP contribution in [-0.2, 0) is 0 Å². The fraction of sp³-hybridized carbons (Fsp3) is 0.750. The summed E-state index contributed by atoms with van der Waals surface area (Å²) < 4.78 is 2.06. The van der Waals surface area contributed by atoms with E-state index in [2.05, 4.69) is 28.9 Å². The van der Waals surface area contributed by atoms with Crippen molar-refractivity contribution in [3.8, 4) is 0 Å². The van der Waals surface area contributed by atoms with Gasteiger partial charge in [-0.2, -0.15) is 5.10 Å². The minimum atomic E-state index is 0.401. The quantitative estimate of drug-likeness (QED) is 0.779. The summed E-state index contributed by atoms with van der Waals surface area (Å²) in [5.74, 6) is 0. The second-order valence-electron chi connectivity index (χ2n) is 4.20. The molecule has 1 aromatic rings. The van der Waals surface area contributed by atoms with Crippen LogP contribution in [0.1, 0.15) is 44.1 Å². The van der Waals surface area contributed by atoms with E-state index >= 15 is 0 Å². The first-order valence-corrected chi connectivity index (χ1v) is 6.41. The molecule has 0 fully saturated rings. The molecule has 16 heavy (non-hydrogen) atoms. The highest BCUT2D eigenvalue weighted by atomic mass is 35.5. The van der Waals surface area contributed by atoms with E-state index in [1.807, 2.05) is 13.8 Å². The van der Waals surface area contributed by atoms with Crippen molar-refractivity contribution in [2.24, 2.45) is 0 Å². The Morgan fingerprint density at radius 1 is 1.38 bits per heavy atom. The number of hydrogen-bond donors (Lipinski definition) is 1. The van der Waals surface area contributed by atoms with Gasteiger partial charge in [-0.1, -0.05) is 25.4 Å². The Morgan fingerprint density at radius 3 is 2.50 bits per heavy atom. The maximum absolute atomic E-state index is 6.16. The molecule has 0 amide bonds. The zero-order chi connectivity index (χ0) is 12.1. The van der Waals surface area contributed by atoms with Crippen LogP contribution in [0.4, 0.5) is 0 Å². The third-order valence-corrected chi connectivity index (χ3v) is 3.41. The van der Waals surface area contributed by atoms with Gasteiger partial charge < -0.3 is 5.32 Å². The molecule has 92 valence electrons. The molecule has 1 unspecified atom stereocenters. The van der Waals surface area contributed by atoms with E-state index in [4.69, 9.17) is 11.6 Å². The van der Waals surface area contributed by atoms with Crippen molar-refractivity contribution in [3.63, 3.8) is 0 Å². The van der Waals surface area contributed by atoms with Crippen LogP contribution in [0.15, 0.2) is 0 Å². The average molecular weight is 244 g/mol. The molecule has 0 aliphatic rings. The van der Waals surface area contributed by atoms with Crippen molar-refractivity contribution in [1.82, 2.24) is 15.1 Å². The highest BCUT2D eigenvalue weighted by Crippen LogP contribution is 2.23. The van der Waals surface area contributed by atoms with Crippen LogP contribution in [0.3, 0.4) is 0 Å². The topological polar surface area (TPSA) is 29.9 Å². The van der Waals surface area contributed by atoms with Gasteiger partial charge in [0.05, 0.1) is 22.5 Å². The number of hydrogen-bond acceptors (Lipinski definition) is 2. The minimum Gasteiger partial charge on any atom is -0.315 e. The molecule has 0 spiro atoms. The fourth-order valence-corrected chi connectivity index (χ4v) is 1.97. The van der Waals surface area contributed by atoms with Gasteiger partial charge in [-0.15, -0.1) is 0 Å². The predicted octanol–water partition coefficient (Wildman–Crippen LogP) is 3.10. The zero-order valence-electron chi connectivity index (χ0n) is 10.7. The minimum absolute atomic E-state index is 0.401. The van der Waals surface area contributed by atoms with E-state index in [0.29, 0.717) is 6.04 Å². The third-order valence-electron chi connectivity index (χ3n) is 2.86. The predicted molar refractivity (Wildman–Crippen MR) is 69.2 cm³/mol. The molecule has 1 heterocycles. The van der Waals surface area contributed by atoms with E-state index in [1.54, 1.807) is 0 Å². The van der Waals surface area contributed by atoms with Crippen LogP contribution in [0.5, 0.6) is 0 Å². The number of nitrogens with one attached hydrogen (secondary N) is 1. The summed E-state index contributed by atoms with van der Waals surface area (Å²) >= 11 is 6.16. The van der Waals surface area contributed by atoms with Crippen molar-refractivity contribution >= 4 is 11.6 Å². The van der Waals surface area contributed by atoms with Crippen LogP contribution in [0.2, 0.25) is 5.02 Å². The van der Waals surface area contributed by atoms with E-state index in [9.17, 15) is 0 Å². The second kappa shape index (κ2) is 6.26. The summed E-state index contributed by atoms with van der Waals surface area (Å²) in [6, 6.07) is 0.401. The Morgan fingerprint density at radius 2 is 2.06 bits per heavy atom. The first-order chi connectivity index (χ1) is 7.61. The molecule has 3 nitrogen and oxygen atoms in total. The van der Waals surface area contributed by atoms with Crippen molar-refractivity contribution in [3.05, 3.63) is 16.4 Å². The van der Waals surface area contributed by atoms with E-state index < -0.39 is 0 Å². The smallest absolute Gasteiger partial charge is 0.0844 e. The number of aryl methyl sites for hydroxylation is 1. The number of halogens is 1. The van der Waals surface area contributed by atoms with E-state index in [0.717, 1.165) is 42.3 Å². The lowest BCUT2D eigenvalue weighted by Crippen LogP contribution is -2.27. The van der Waals surface area contributed by atoms with Gasteiger partial charge in [-0.05, 0) is 33.2 Å². The lowest BCUT2D eigenvalue weighted by Gasteiger charge is -2.18. The Hall–Kier alpha value is -0.540. The SMILES string of the molecule is CCCNCC(CC)n1nc(C)c(Cl)c1C. The summed E-state index contributed by atoms with van der Waals surface area (Å²) in [7, 11) is 0. The van der Waals surface area contributed by atoms with Gasteiger partial charge in [0.15, 0.2) is 0 Å². The summed E-state index contributed by atoms with van der Waals surface area (Å²) in [5, 5.41) is 8.74. The Kier molecular flexibility index (Phi) is 5.29. The van der Waals surface area contributed by atoms with Gasteiger partial charge in [0.25, 0.3) is 0 Å². The highest BCUT2D eigenvalue weighted by Gasteiger charge is 2.15. The molecule has 0 radical (unpaired) electrons. The van der Waals surface area contributed by atoms with Crippen molar-refractivity contribution in [2.45, 2.75) is 46.6 Å².